The van der Waals surface area contributed by atoms with Gasteiger partial charge in [0, 0.05) is 48.5 Å². The van der Waals surface area contributed by atoms with Crippen LogP contribution in [0.4, 0.5) is 0 Å². The van der Waals surface area contributed by atoms with Gasteiger partial charge in [0.1, 0.15) is 16.1 Å². The lowest BCUT2D eigenvalue weighted by Gasteiger charge is -2.32. The van der Waals surface area contributed by atoms with Crippen molar-refractivity contribution in [3.05, 3.63) is 59.3 Å². The molecule has 1 saturated heterocycles. The van der Waals surface area contributed by atoms with Crippen molar-refractivity contribution in [3.8, 4) is 0 Å². The number of ether oxygens (including phenoxy) is 1. The lowest BCUT2D eigenvalue weighted by molar-refractivity contribution is -0.163. The Bertz CT molecular complexity index is 939. The van der Waals surface area contributed by atoms with E-state index in [9.17, 15) is 4.79 Å². The summed E-state index contributed by atoms with van der Waals surface area (Å²) < 4.78 is 7.59. The standard InChI is InChI=1S/C20H24N6O2S/c1-19(2,3)28-18(27)20(13-26-9-4-5-24-26)11-14(15-12-21-6-7-22-15)16(25-20)17-23-8-10-29-17/h4-10,12,14,16,25H,11,13H2,1-3H3/t14-,16-,20-/m1/s1. The Balaban J connectivity index is 1.75. The number of carbonyl (C=O) groups excluding carboxylic acids is 1. The maximum absolute atomic E-state index is 13.4. The summed E-state index contributed by atoms with van der Waals surface area (Å²) in [7, 11) is 0. The predicted octanol–water partition coefficient (Wildman–Crippen LogP) is 2.73. The Morgan fingerprint density at radius 1 is 1.31 bits per heavy atom. The third-order valence-corrected chi connectivity index (χ3v) is 5.72. The second-order valence-electron chi connectivity index (χ2n) is 8.22. The number of aromatic nitrogens is 5. The first-order valence-corrected chi connectivity index (χ1v) is 10.4. The minimum absolute atomic E-state index is 0.0714. The summed E-state index contributed by atoms with van der Waals surface area (Å²) in [6, 6.07) is 1.67. The number of esters is 1. The van der Waals surface area contributed by atoms with E-state index in [1.807, 2.05) is 38.4 Å². The number of nitrogens with zero attached hydrogens (tertiary/aromatic N) is 5. The zero-order chi connectivity index (χ0) is 20.5. The fourth-order valence-corrected chi connectivity index (χ4v) is 4.47. The van der Waals surface area contributed by atoms with Crippen LogP contribution in [0.5, 0.6) is 0 Å². The molecule has 3 aromatic heterocycles. The van der Waals surface area contributed by atoms with Gasteiger partial charge in [-0.05, 0) is 33.3 Å². The summed E-state index contributed by atoms with van der Waals surface area (Å²) in [5.41, 5.74) is -0.735. The van der Waals surface area contributed by atoms with Gasteiger partial charge >= 0.3 is 5.97 Å². The fraction of sp³-hybridized carbons (Fsp3) is 0.450. The summed E-state index contributed by atoms with van der Waals surface area (Å²) in [4.78, 5) is 26.7. The number of thiazole rings is 1. The van der Waals surface area contributed by atoms with E-state index in [0.29, 0.717) is 13.0 Å². The molecule has 1 fully saturated rings. The number of hydrogen-bond donors (Lipinski definition) is 1. The Morgan fingerprint density at radius 2 is 2.17 bits per heavy atom. The molecular formula is C20H24N6O2S. The molecule has 29 heavy (non-hydrogen) atoms. The van der Waals surface area contributed by atoms with Crippen LogP contribution in [0.1, 0.15) is 49.9 Å². The van der Waals surface area contributed by atoms with Crippen LogP contribution in [0.15, 0.2) is 48.6 Å². The average Bonchev–Trinajstić information content (AvgIpc) is 3.42. The first-order valence-electron chi connectivity index (χ1n) is 9.50. The van der Waals surface area contributed by atoms with Gasteiger partial charge in [-0.1, -0.05) is 0 Å². The van der Waals surface area contributed by atoms with Crippen molar-refractivity contribution in [2.75, 3.05) is 0 Å². The second-order valence-corrected chi connectivity index (χ2v) is 9.15. The van der Waals surface area contributed by atoms with Crippen molar-refractivity contribution in [3.63, 3.8) is 0 Å². The molecule has 1 aliphatic rings. The number of hydrogen-bond acceptors (Lipinski definition) is 8. The summed E-state index contributed by atoms with van der Waals surface area (Å²) in [6.07, 6.45) is 10.9. The Hall–Kier alpha value is -2.65. The van der Waals surface area contributed by atoms with Crippen LogP contribution >= 0.6 is 11.3 Å². The molecule has 0 bridgehead atoms. The molecule has 9 heteroatoms. The minimum Gasteiger partial charge on any atom is -0.459 e. The normalized spacial score (nSPS) is 24.5. The van der Waals surface area contributed by atoms with Crippen molar-refractivity contribution in [1.29, 1.82) is 0 Å². The molecule has 0 amide bonds. The lowest BCUT2D eigenvalue weighted by Crippen LogP contribution is -2.54. The highest BCUT2D eigenvalue weighted by molar-refractivity contribution is 7.09. The van der Waals surface area contributed by atoms with Gasteiger partial charge in [-0.25, -0.2) is 9.78 Å². The van der Waals surface area contributed by atoms with Crippen LogP contribution in [0, 0.1) is 0 Å². The van der Waals surface area contributed by atoms with Gasteiger partial charge in [0.05, 0.1) is 18.3 Å². The van der Waals surface area contributed by atoms with Crippen LogP contribution in [0.25, 0.3) is 0 Å². The van der Waals surface area contributed by atoms with Crippen molar-refractivity contribution >= 4 is 17.3 Å². The highest BCUT2D eigenvalue weighted by atomic mass is 32.1. The monoisotopic (exact) mass is 412 g/mol. The molecule has 0 aliphatic carbocycles. The van der Waals surface area contributed by atoms with E-state index < -0.39 is 11.1 Å². The molecule has 152 valence electrons. The van der Waals surface area contributed by atoms with Crippen molar-refractivity contribution in [2.45, 2.75) is 56.8 Å². The van der Waals surface area contributed by atoms with Gasteiger partial charge in [0.15, 0.2) is 0 Å². The summed E-state index contributed by atoms with van der Waals surface area (Å²) in [6.45, 7) is 5.98. The van der Waals surface area contributed by atoms with Crippen LogP contribution in [0.2, 0.25) is 0 Å². The molecule has 1 aliphatic heterocycles. The molecule has 1 N–H and O–H groups in total. The van der Waals surface area contributed by atoms with Crippen LogP contribution in [-0.4, -0.2) is 41.8 Å². The molecule has 0 radical (unpaired) electrons. The summed E-state index contributed by atoms with van der Waals surface area (Å²) >= 11 is 1.56. The van der Waals surface area contributed by atoms with E-state index in [0.717, 1.165) is 10.7 Å². The van der Waals surface area contributed by atoms with Crippen molar-refractivity contribution in [2.24, 2.45) is 0 Å². The Labute approximate surface area is 173 Å². The highest BCUT2D eigenvalue weighted by Gasteiger charge is 2.54. The first-order chi connectivity index (χ1) is 13.9. The molecule has 3 aromatic rings. The maximum Gasteiger partial charge on any atom is 0.328 e. The van der Waals surface area contributed by atoms with Crippen LogP contribution in [-0.2, 0) is 16.1 Å². The molecule has 3 atom stereocenters. The van der Waals surface area contributed by atoms with Crippen molar-refractivity contribution < 1.29 is 9.53 Å². The molecule has 8 nitrogen and oxygen atoms in total. The predicted molar refractivity (Wildman–Crippen MR) is 108 cm³/mol. The molecule has 0 unspecified atom stereocenters. The fourth-order valence-electron chi connectivity index (χ4n) is 3.71. The quantitative estimate of drug-likeness (QED) is 0.644. The third kappa shape index (κ3) is 4.20. The molecule has 4 heterocycles. The Kier molecular flexibility index (Phi) is 5.18. The van der Waals surface area contributed by atoms with Gasteiger partial charge in [0.25, 0.3) is 0 Å². The Morgan fingerprint density at radius 3 is 2.79 bits per heavy atom. The van der Waals surface area contributed by atoms with Gasteiger partial charge in [-0.3, -0.25) is 20.0 Å². The van der Waals surface area contributed by atoms with E-state index >= 15 is 0 Å². The zero-order valence-electron chi connectivity index (χ0n) is 16.6. The van der Waals surface area contributed by atoms with E-state index in [1.165, 1.54) is 0 Å². The molecule has 0 saturated carbocycles. The topological polar surface area (TPSA) is 94.8 Å². The summed E-state index contributed by atoms with van der Waals surface area (Å²) in [5, 5.41) is 10.7. The van der Waals surface area contributed by atoms with E-state index in [2.05, 4.69) is 25.4 Å². The van der Waals surface area contributed by atoms with E-state index in [-0.39, 0.29) is 17.9 Å². The summed E-state index contributed by atoms with van der Waals surface area (Å²) in [5.74, 6) is -0.369. The van der Waals surface area contributed by atoms with Crippen LogP contribution < -0.4 is 5.32 Å². The van der Waals surface area contributed by atoms with Gasteiger partial charge in [-0.2, -0.15) is 5.10 Å². The largest absolute Gasteiger partial charge is 0.459 e. The van der Waals surface area contributed by atoms with Crippen molar-refractivity contribution in [1.82, 2.24) is 30.0 Å². The zero-order valence-corrected chi connectivity index (χ0v) is 17.5. The average molecular weight is 413 g/mol. The number of carbonyl (C=O) groups is 1. The lowest BCUT2D eigenvalue weighted by atomic mass is 9.89. The third-order valence-electron chi connectivity index (χ3n) is 4.86. The number of rotatable bonds is 5. The molecular weight excluding hydrogens is 388 g/mol. The number of nitrogens with one attached hydrogen (secondary N) is 1. The molecule has 0 aromatic carbocycles. The van der Waals surface area contributed by atoms with Gasteiger partial charge in [-0.15, -0.1) is 11.3 Å². The minimum atomic E-state index is -0.960. The van der Waals surface area contributed by atoms with Crippen LogP contribution in [0.3, 0.4) is 0 Å². The SMILES string of the molecule is CC(C)(C)OC(=O)[C@]1(Cn2cccn2)C[C@H](c2cnccn2)[C@H](c2nccs2)N1. The maximum atomic E-state index is 13.4. The first kappa shape index (κ1) is 19.7. The van der Waals surface area contributed by atoms with E-state index in [4.69, 9.17) is 4.74 Å². The highest BCUT2D eigenvalue weighted by Crippen LogP contribution is 2.45. The van der Waals surface area contributed by atoms with Gasteiger partial charge in [0.2, 0.25) is 0 Å². The smallest absolute Gasteiger partial charge is 0.328 e. The second kappa shape index (κ2) is 7.64. The van der Waals surface area contributed by atoms with E-state index in [1.54, 1.807) is 47.0 Å². The van der Waals surface area contributed by atoms with Gasteiger partial charge < -0.3 is 4.74 Å². The molecule has 4 rings (SSSR count). The molecule has 0 spiro atoms.